The zero-order valence-electron chi connectivity index (χ0n) is 10.1. The van der Waals surface area contributed by atoms with Gasteiger partial charge < -0.3 is 5.32 Å². The maximum absolute atomic E-state index is 13.4. The fourth-order valence-corrected chi connectivity index (χ4v) is 1.88. The molecule has 1 heterocycles. The highest BCUT2D eigenvalue weighted by atomic mass is 32.2. The van der Waals surface area contributed by atoms with E-state index in [4.69, 9.17) is 0 Å². The van der Waals surface area contributed by atoms with Gasteiger partial charge in [0, 0.05) is 5.69 Å². The number of halogens is 1. The second-order valence-electron chi connectivity index (χ2n) is 3.76. The van der Waals surface area contributed by atoms with Crippen molar-refractivity contribution in [1.29, 1.82) is 0 Å². The highest BCUT2D eigenvalue weighted by Gasteiger charge is 2.13. The molecule has 0 bridgehead atoms. The molecule has 0 aliphatic heterocycles. The lowest BCUT2D eigenvalue weighted by molar-refractivity contribution is 0.101. The first-order valence-electron chi connectivity index (χ1n) is 5.17. The Kier molecular flexibility index (Phi) is 3.61. The van der Waals surface area contributed by atoms with Crippen LogP contribution in [0.4, 0.5) is 15.8 Å². The molecule has 1 aromatic heterocycles. The van der Waals surface area contributed by atoms with E-state index < -0.39 is 21.7 Å². The van der Waals surface area contributed by atoms with Gasteiger partial charge in [-0.1, -0.05) is 0 Å². The Labute approximate surface area is 112 Å². The van der Waals surface area contributed by atoms with Crippen LogP contribution in [0.1, 0.15) is 10.6 Å². The van der Waals surface area contributed by atoms with Crippen molar-refractivity contribution in [3.8, 4) is 0 Å². The van der Waals surface area contributed by atoms with E-state index in [1.165, 1.54) is 6.07 Å². The van der Waals surface area contributed by atoms with Gasteiger partial charge in [0.05, 0.1) is 11.9 Å². The average molecular weight is 300 g/mol. The summed E-state index contributed by atoms with van der Waals surface area (Å²) in [6, 6.07) is 3.41. The number of amides is 1. The second kappa shape index (κ2) is 5.21. The molecule has 0 unspecified atom stereocenters. The fraction of sp³-hybridized carbons (Fsp3) is 0.111. The highest BCUT2D eigenvalue weighted by molar-refractivity contribution is 7.92. The number of H-pyrrole nitrogens is 1. The zero-order chi connectivity index (χ0) is 14.8. The highest BCUT2D eigenvalue weighted by Crippen LogP contribution is 2.20. The summed E-state index contributed by atoms with van der Waals surface area (Å²) in [5.41, 5.74) is -0.106. The predicted octanol–water partition coefficient (Wildman–Crippen LogP) is -0.0374. The third-order valence-electron chi connectivity index (χ3n) is 2.07. The molecule has 106 valence electrons. The normalized spacial score (nSPS) is 11.1. The maximum Gasteiger partial charge on any atom is 0.297 e. The number of nitrogens with zero attached hydrogens (tertiary/aromatic N) is 3. The van der Waals surface area contributed by atoms with Gasteiger partial charge in [0.15, 0.2) is 0 Å². The van der Waals surface area contributed by atoms with Crippen molar-refractivity contribution >= 4 is 27.3 Å². The molecule has 0 saturated carbocycles. The van der Waals surface area contributed by atoms with E-state index in [0.717, 1.165) is 18.4 Å². The summed E-state index contributed by atoms with van der Waals surface area (Å²) >= 11 is 0. The first-order chi connectivity index (χ1) is 9.35. The second-order valence-corrected chi connectivity index (χ2v) is 5.51. The summed E-state index contributed by atoms with van der Waals surface area (Å²) in [6.07, 6.45) is 0.886. The molecule has 1 aromatic carbocycles. The molecule has 0 saturated heterocycles. The van der Waals surface area contributed by atoms with Crippen molar-refractivity contribution < 1.29 is 17.6 Å². The summed E-state index contributed by atoms with van der Waals surface area (Å²) in [7, 11) is -3.63. The number of rotatable bonds is 4. The van der Waals surface area contributed by atoms with Crippen LogP contribution in [0.15, 0.2) is 18.2 Å². The Morgan fingerprint density at radius 2 is 2.15 bits per heavy atom. The van der Waals surface area contributed by atoms with E-state index in [1.807, 2.05) is 4.72 Å². The van der Waals surface area contributed by atoms with Crippen LogP contribution in [-0.4, -0.2) is 41.2 Å². The minimum absolute atomic E-state index is 0.173. The molecule has 2 rings (SSSR count). The Morgan fingerprint density at radius 1 is 1.40 bits per heavy atom. The molecule has 11 heteroatoms. The number of anilines is 2. The summed E-state index contributed by atoms with van der Waals surface area (Å²) in [4.78, 5) is 11.6. The van der Waals surface area contributed by atoms with E-state index in [1.54, 1.807) is 0 Å². The standard InChI is InChI=1S/C9H9FN6O3S/c1-20(18,19)14-7-4-5(2-3-6(7)10)11-9(17)8-12-15-16-13-8/h2-4,14H,1H3,(H,11,17)(H,12,13,15,16). The number of carbonyl (C=O) groups is 1. The van der Waals surface area contributed by atoms with Gasteiger partial charge in [-0.25, -0.2) is 12.8 Å². The smallest absolute Gasteiger partial charge is 0.297 e. The monoisotopic (exact) mass is 300 g/mol. The summed E-state index contributed by atoms with van der Waals surface area (Å²) in [5, 5.41) is 14.6. The molecule has 20 heavy (non-hydrogen) atoms. The first kappa shape index (κ1) is 13.9. The number of aromatic amines is 1. The SMILES string of the molecule is CS(=O)(=O)Nc1cc(NC(=O)c2nn[nH]n2)ccc1F. The number of benzene rings is 1. The van der Waals surface area contributed by atoms with E-state index in [0.29, 0.717) is 0 Å². The Morgan fingerprint density at radius 3 is 2.75 bits per heavy atom. The van der Waals surface area contributed by atoms with Crippen LogP contribution in [0.25, 0.3) is 0 Å². The number of hydrogen-bond donors (Lipinski definition) is 3. The van der Waals surface area contributed by atoms with Gasteiger partial charge in [0.2, 0.25) is 10.0 Å². The lowest BCUT2D eigenvalue weighted by atomic mass is 10.2. The molecule has 1 amide bonds. The van der Waals surface area contributed by atoms with Gasteiger partial charge >= 0.3 is 0 Å². The molecule has 0 atom stereocenters. The summed E-state index contributed by atoms with van der Waals surface area (Å²) in [6.45, 7) is 0. The van der Waals surface area contributed by atoms with E-state index >= 15 is 0 Å². The lowest BCUT2D eigenvalue weighted by Gasteiger charge is -2.08. The molecule has 3 N–H and O–H groups in total. The number of carbonyl (C=O) groups excluding carboxylic acids is 1. The molecule has 0 radical (unpaired) electrons. The summed E-state index contributed by atoms with van der Waals surface area (Å²) < 4.78 is 37.6. The fourth-order valence-electron chi connectivity index (χ4n) is 1.33. The lowest BCUT2D eigenvalue weighted by Crippen LogP contribution is -2.15. The predicted molar refractivity (Wildman–Crippen MR) is 67.0 cm³/mol. The van der Waals surface area contributed by atoms with Crippen LogP contribution >= 0.6 is 0 Å². The van der Waals surface area contributed by atoms with Gasteiger partial charge in [0.1, 0.15) is 5.82 Å². The van der Waals surface area contributed by atoms with Gasteiger partial charge in [-0.05, 0) is 23.4 Å². The topological polar surface area (TPSA) is 130 Å². The Hall–Kier alpha value is -2.56. The molecule has 0 aliphatic rings. The quantitative estimate of drug-likeness (QED) is 0.726. The van der Waals surface area contributed by atoms with Crippen LogP contribution < -0.4 is 10.0 Å². The molecule has 0 spiro atoms. The largest absolute Gasteiger partial charge is 0.319 e. The minimum atomic E-state index is -3.63. The molecule has 9 nitrogen and oxygen atoms in total. The van der Waals surface area contributed by atoms with Crippen LogP contribution in [0.5, 0.6) is 0 Å². The van der Waals surface area contributed by atoms with E-state index in [-0.39, 0.29) is 17.2 Å². The van der Waals surface area contributed by atoms with Crippen LogP contribution in [0, 0.1) is 5.82 Å². The third kappa shape index (κ3) is 3.47. The summed E-state index contributed by atoms with van der Waals surface area (Å²) in [5.74, 6) is -1.64. The van der Waals surface area contributed by atoms with Crippen LogP contribution in [-0.2, 0) is 10.0 Å². The molecule has 0 fully saturated rings. The number of hydrogen-bond acceptors (Lipinski definition) is 6. The van der Waals surface area contributed by atoms with E-state index in [2.05, 4.69) is 25.9 Å². The average Bonchev–Trinajstić information content (AvgIpc) is 2.85. The zero-order valence-corrected chi connectivity index (χ0v) is 10.9. The van der Waals surface area contributed by atoms with Crippen LogP contribution in [0.3, 0.4) is 0 Å². The molecule has 2 aromatic rings. The number of tetrazole rings is 1. The van der Waals surface area contributed by atoms with Crippen molar-refractivity contribution in [3.63, 3.8) is 0 Å². The van der Waals surface area contributed by atoms with Crippen molar-refractivity contribution in [2.24, 2.45) is 0 Å². The molecule has 0 aliphatic carbocycles. The van der Waals surface area contributed by atoms with Crippen LogP contribution in [0.2, 0.25) is 0 Å². The Balaban J connectivity index is 2.21. The van der Waals surface area contributed by atoms with Crippen molar-refractivity contribution in [2.45, 2.75) is 0 Å². The number of nitrogens with one attached hydrogen (secondary N) is 3. The van der Waals surface area contributed by atoms with E-state index in [9.17, 15) is 17.6 Å². The van der Waals surface area contributed by atoms with Crippen molar-refractivity contribution in [1.82, 2.24) is 20.6 Å². The van der Waals surface area contributed by atoms with Gasteiger partial charge in [-0.3, -0.25) is 9.52 Å². The Bertz CT molecular complexity index is 730. The number of aromatic nitrogens is 4. The van der Waals surface area contributed by atoms with Gasteiger partial charge in [-0.2, -0.15) is 5.21 Å². The third-order valence-corrected chi connectivity index (χ3v) is 2.66. The first-order valence-corrected chi connectivity index (χ1v) is 7.06. The minimum Gasteiger partial charge on any atom is -0.319 e. The van der Waals surface area contributed by atoms with Gasteiger partial charge in [-0.15, -0.1) is 10.2 Å². The van der Waals surface area contributed by atoms with Gasteiger partial charge in [0.25, 0.3) is 11.7 Å². The van der Waals surface area contributed by atoms with Crippen molar-refractivity contribution in [2.75, 3.05) is 16.3 Å². The molecular formula is C9H9FN6O3S. The molecular weight excluding hydrogens is 291 g/mol. The van der Waals surface area contributed by atoms with Crippen molar-refractivity contribution in [3.05, 3.63) is 29.8 Å². The maximum atomic E-state index is 13.4. The number of sulfonamides is 1.